The molecule has 0 aromatic heterocycles. The van der Waals surface area contributed by atoms with Crippen molar-refractivity contribution in [3.05, 3.63) is 77.9 Å². The SMILES string of the molecule is C#Cc1ccccc1C(C(=O)Nc1ccc2ccccc2c1)N(CCCCCC)C(=O)C(NC(=O)OC(C)(C)C)C(C)CC. The lowest BCUT2D eigenvalue weighted by molar-refractivity contribution is -0.142. The minimum Gasteiger partial charge on any atom is -0.444 e. The van der Waals surface area contributed by atoms with Crippen molar-refractivity contribution in [1.82, 2.24) is 10.2 Å². The van der Waals surface area contributed by atoms with E-state index in [4.69, 9.17) is 11.2 Å². The van der Waals surface area contributed by atoms with Crippen molar-refractivity contribution in [1.29, 1.82) is 0 Å². The lowest BCUT2D eigenvalue weighted by Crippen LogP contribution is -2.55. The van der Waals surface area contributed by atoms with Gasteiger partial charge in [0.15, 0.2) is 0 Å². The molecule has 234 valence electrons. The van der Waals surface area contributed by atoms with Gasteiger partial charge in [0.2, 0.25) is 5.91 Å². The monoisotopic (exact) mass is 597 g/mol. The molecule has 0 heterocycles. The van der Waals surface area contributed by atoms with Crippen LogP contribution >= 0.6 is 0 Å². The molecule has 0 saturated heterocycles. The van der Waals surface area contributed by atoms with Gasteiger partial charge in [0.1, 0.15) is 17.7 Å². The molecule has 0 radical (unpaired) electrons. The molecule has 0 aliphatic rings. The fourth-order valence-electron chi connectivity index (χ4n) is 5.17. The van der Waals surface area contributed by atoms with Crippen LogP contribution in [-0.2, 0) is 14.3 Å². The first-order valence-electron chi connectivity index (χ1n) is 15.6. The van der Waals surface area contributed by atoms with Gasteiger partial charge in [-0.15, -0.1) is 6.42 Å². The highest BCUT2D eigenvalue weighted by atomic mass is 16.6. The molecule has 44 heavy (non-hydrogen) atoms. The Kier molecular flexibility index (Phi) is 12.4. The topological polar surface area (TPSA) is 87.7 Å². The van der Waals surface area contributed by atoms with Crippen LogP contribution in [0.15, 0.2) is 66.7 Å². The molecule has 3 aromatic rings. The Morgan fingerprint density at radius 3 is 2.27 bits per heavy atom. The Bertz CT molecular complexity index is 1470. The molecule has 0 aliphatic heterocycles. The number of ether oxygens (including phenoxy) is 1. The zero-order chi connectivity index (χ0) is 32.3. The van der Waals surface area contributed by atoms with Gasteiger partial charge in [0.05, 0.1) is 0 Å². The van der Waals surface area contributed by atoms with Gasteiger partial charge in [-0.3, -0.25) is 9.59 Å². The number of anilines is 1. The van der Waals surface area contributed by atoms with Crippen molar-refractivity contribution in [3.8, 4) is 12.3 Å². The van der Waals surface area contributed by atoms with Crippen molar-refractivity contribution < 1.29 is 19.1 Å². The number of amides is 3. The van der Waals surface area contributed by atoms with Crippen LogP contribution in [0.2, 0.25) is 0 Å². The molecule has 0 spiro atoms. The highest BCUT2D eigenvalue weighted by Crippen LogP contribution is 2.29. The summed E-state index contributed by atoms with van der Waals surface area (Å²) < 4.78 is 5.52. The standard InChI is InChI=1S/C37H47N3O4/c1-8-11-12-17-24-40(35(42)32(26(4)9-2)39-36(43)44-37(5,6)7)33(31-21-16-15-18-27(31)10-3)34(41)38-30-23-22-28-19-13-14-20-29(28)25-30/h3,13-16,18-23,25-26,32-33H,8-9,11-12,17,24H2,1-2,4-7H3,(H,38,41)(H,39,43). The third-order valence-corrected chi connectivity index (χ3v) is 7.67. The lowest BCUT2D eigenvalue weighted by Gasteiger charge is -2.36. The van der Waals surface area contributed by atoms with Crippen molar-refractivity contribution in [2.24, 2.45) is 5.92 Å². The maximum absolute atomic E-state index is 14.6. The molecule has 3 unspecified atom stereocenters. The van der Waals surface area contributed by atoms with E-state index >= 15 is 0 Å². The number of fused-ring (bicyclic) bond motifs is 1. The molecule has 3 aromatic carbocycles. The van der Waals surface area contributed by atoms with E-state index in [-0.39, 0.29) is 17.7 Å². The number of carbonyl (C=O) groups excluding carboxylic acids is 3. The molecule has 7 nitrogen and oxygen atoms in total. The maximum Gasteiger partial charge on any atom is 0.408 e. The van der Waals surface area contributed by atoms with Crippen LogP contribution in [-0.4, -0.2) is 41.0 Å². The molecule has 3 atom stereocenters. The molecule has 3 rings (SSSR count). The summed E-state index contributed by atoms with van der Waals surface area (Å²) in [5, 5.41) is 7.92. The van der Waals surface area contributed by atoms with E-state index in [1.165, 1.54) is 0 Å². The van der Waals surface area contributed by atoms with Crippen molar-refractivity contribution in [2.45, 2.75) is 91.3 Å². The van der Waals surface area contributed by atoms with E-state index in [0.29, 0.717) is 36.2 Å². The summed E-state index contributed by atoms with van der Waals surface area (Å²) in [5.74, 6) is 1.74. The average molecular weight is 598 g/mol. The number of hydrogen-bond donors (Lipinski definition) is 2. The largest absolute Gasteiger partial charge is 0.444 e. The minimum absolute atomic E-state index is 0.222. The highest BCUT2D eigenvalue weighted by Gasteiger charge is 2.38. The first kappa shape index (κ1) is 34.2. The zero-order valence-corrected chi connectivity index (χ0v) is 27.0. The molecule has 7 heteroatoms. The number of rotatable bonds is 13. The number of benzene rings is 3. The predicted molar refractivity (Wildman–Crippen MR) is 178 cm³/mol. The first-order chi connectivity index (χ1) is 21.0. The Labute approximate surface area is 262 Å². The third kappa shape index (κ3) is 9.34. The normalized spacial score (nSPS) is 13.3. The molecule has 3 amide bonds. The summed E-state index contributed by atoms with van der Waals surface area (Å²) >= 11 is 0. The number of hydrogen-bond acceptors (Lipinski definition) is 4. The van der Waals surface area contributed by atoms with Gasteiger partial charge in [-0.1, -0.05) is 101 Å². The third-order valence-electron chi connectivity index (χ3n) is 7.67. The van der Waals surface area contributed by atoms with E-state index in [1.807, 2.05) is 68.4 Å². The van der Waals surface area contributed by atoms with Crippen molar-refractivity contribution in [2.75, 3.05) is 11.9 Å². The number of carbonyl (C=O) groups is 3. The number of alkyl carbamates (subject to hydrolysis) is 1. The Morgan fingerprint density at radius 2 is 1.61 bits per heavy atom. The van der Waals surface area contributed by atoms with Crippen LogP contribution in [0.5, 0.6) is 0 Å². The fraction of sp³-hybridized carbons (Fsp3) is 0.432. The number of terminal acetylenes is 1. The van der Waals surface area contributed by atoms with E-state index < -0.39 is 23.8 Å². The van der Waals surface area contributed by atoms with Gasteiger partial charge in [-0.05, 0) is 67.6 Å². The van der Waals surface area contributed by atoms with Crippen LogP contribution in [0, 0.1) is 18.3 Å². The second-order valence-electron chi connectivity index (χ2n) is 12.3. The van der Waals surface area contributed by atoms with Crippen molar-refractivity contribution >= 4 is 34.4 Å². The predicted octanol–water partition coefficient (Wildman–Crippen LogP) is 7.85. The molecular formula is C37H47N3O4. The van der Waals surface area contributed by atoms with Crippen LogP contribution in [0.1, 0.15) is 90.8 Å². The van der Waals surface area contributed by atoms with Gasteiger partial charge in [-0.2, -0.15) is 0 Å². The second kappa shape index (κ2) is 16.0. The van der Waals surface area contributed by atoms with Crippen LogP contribution < -0.4 is 10.6 Å². The fourth-order valence-corrected chi connectivity index (χ4v) is 5.17. The number of nitrogens with one attached hydrogen (secondary N) is 2. The number of nitrogens with zero attached hydrogens (tertiary/aromatic N) is 1. The van der Waals surface area contributed by atoms with E-state index in [1.54, 1.807) is 37.8 Å². The summed E-state index contributed by atoms with van der Waals surface area (Å²) in [7, 11) is 0. The zero-order valence-electron chi connectivity index (χ0n) is 27.0. The Balaban J connectivity index is 2.09. The summed E-state index contributed by atoms with van der Waals surface area (Å²) in [6, 6.07) is 18.9. The van der Waals surface area contributed by atoms with Gasteiger partial charge in [0.25, 0.3) is 5.91 Å². The maximum atomic E-state index is 14.6. The second-order valence-corrected chi connectivity index (χ2v) is 12.3. The first-order valence-corrected chi connectivity index (χ1v) is 15.6. The van der Waals surface area contributed by atoms with Gasteiger partial charge < -0.3 is 20.3 Å². The van der Waals surface area contributed by atoms with Crippen molar-refractivity contribution in [3.63, 3.8) is 0 Å². The van der Waals surface area contributed by atoms with Gasteiger partial charge in [0, 0.05) is 17.8 Å². The quantitative estimate of drug-likeness (QED) is 0.155. The van der Waals surface area contributed by atoms with Gasteiger partial charge in [-0.25, -0.2) is 4.79 Å². The highest BCUT2D eigenvalue weighted by molar-refractivity contribution is 6.00. The van der Waals surface area contributed by atoms with E-state index in [2.05, 4.69) is 23.5 Å². The molecule has 0 saturated carbocycles. The smallest absolute Gasteiger partial charge is 0.408 e. The molecule has 0 aliphatic carbocycles. The van der Waals surface area contributed by atoms with Crippen LogP contribution in [0.25, 0.3) is 10.8 Å². The average Bonchev–Trinajstić information content (AvgIpc) is 2.99. The minimum atomic E-state index is -1.03. The van der Waals surface area contributed by atoms with E-state index in [0.717, 1.165) is 30.0 Å². The lowest BCUT2D eigenvalue weighted by atomic mass is 9.93. The van der Waals surface area contributed by atoms with Crippen LogP contribution in [0.4, 0.5) is 10.5 Å². The summed E-state index contributed by atoms with van der Waals surface area (Å²) in [5.41, 5.74) is 0.955. The van der Waals surface area contributed by atoms with Crippen LogP contribution in [0.3, 0.4) is 0 Å². The molecule has 2 N–H and O–H groups in total. The summed E-state index contributed by atoms with van der Waals surface area (Å²) in [6.45, 7) is 11.6. The molecule has 0 fully saturated rings. The van der Waals surface area contributed by atoms with Gasteiger partial charge >= 0.3 is 6.09 Å². The Morgan fingerprint density at radius 1 is 0.932 bits per heavy atom. The molecular weight excluding hydrogens is 550 g/mol. The Hall–Kier alpha value is -4.31. The summed E-state index contributed by atoms with van der Waals surface area (Å²) in [6.07, 6.45) is 9.48. The van der Waals surface area contributed by atoms with E-state index in [9.17, 15) is 14.4 Å². The summed E-state index contributed by atoms with van der Waals surface area (Å²) in [4.78, 5) is 43.4. The number of unbranched alkanes of at least 4 members (excludes halogenated alkanes) is 3. The molecule has 0 bridgehead atoms.